The average molecular weight is 161 g/mol. The smallest absolute Gasteiger partial charge is 0.409 e. The summed E-state index contributed by atoms with van der Waals surface area (Å²) in [6.07, 6.45) is -0.903. The van der Waals surface area contributed by atoms with E-state index in [9.17, 15) is 4.79 Å². The fourth-order valence-corrected chi connectivity index (χ4v) is 0.605. The number of carbonyl (C=O) groups excluding carboxylic acids is 1. The molecule has 0 aliphatic rings. The molecule has 66 valence electrons. The van der Waals surface area contributed by atoms with Gasteiger partial charge in [0.2, 0.25) is 6.29 Å². The Kier molecular flexibility index (Phi) is 5.56. The number of carbonyl (C=O) groups is 1. The second-order valence-corrected chi connectivity index (χ2v) is 1.96. The summed E-state index contributed by atoms with van der Waals surface area (Å²) in [5, 5.41) is 2.49. The Labute approximate surface area is 66.9 Å². The Bertz CT molecular complexity index is 116. The Morgan fingerprint density at radius 2 is 2.18 bits per heavy atom. The van der Waals surface area contributed by atoms with Crippen molar-refractivity contribution in [3.8, 4) is 0 Å². The number of nitrogens with one attached hydrogen (secondary N) is 1. The highest BCUT2D eigenvalue weighted by molar-refractivity contribution is 5.67. The monoisotopic (exact) mass is 161 g/mol. The molecular weight excluding hydrogens is 146 g/mol. The van der Waals surface area contributed by atoms with E-state index >= 15 is 0 Å². The lowest BCUT2D eigenvalue weighted by Gasteiger charge is -2.12. The van der Waals surface area contributed by atoms with Crippen molar-refractivity contribution >= 4 is 6.09 Å². The maximum Gasteiger partial charge on any atom is 0.409 e. The first-order valence-corrected chi connectivity index (χ1v) is 3.76. The van der Waals surface area contributed by atoms with Crippen LogP contribution in [-0.2, 0) is 9.47 Å². The van der Waals surface area contributed by atoms with Crippen molar-refractivity contribution in [1.82, 2.24) is 5.32 Å². The van der Waals surface area contributed by atoms with E-state index in [-0.39, 0.29) is 0 Å². The number of ether oxygens (including phenoxy) is 2. The SMILES string of the molecule is CCNC(=O)OC(C)OCC. The zero-order valence-electron chi connectivity index (χ0n) is 7.22. The van der Waals surface area contributed by atoms with Crippen molar-refractivity contribution in [1.29, 1.82) is 0 Å². The largest absolute Gasteiger partial charge is 0.420 e. The summed E-state index contributed by atoms with van der Waals surface area (Å²) in [5.74, 6) is 0. The van der Waals surface area contributed by atoms with Crippen LogP contribution in [0.25, 0.3) is 0 Å². The molecule has 1 unspecified atom stereocenters. The Hall–Kier alpha value is -0.770. The van der Waals surface area contributed by atoms with Crippen LogP contribution in [0.4, 0.5) is 4.79 Å². The molecule has 4 nitrogen and oxygen atoms in total. The lowest BCUT2D eigenvalue weighted by Crippen LogP contribution is -2.28. The van der Waals surface area contributed by atoms with E-state index in [2.05, 4.69) is 5.32 Å². The van der Waals surface area contributed by atoms with Crippen LogP contribution in [0.1, 0.15) is 20.8 Å². The van der Waals surface area contributed by atoms with Crippen LogP contribution >= 0.6 is 0 Å². The Morgan fingerprint density at radius 1 is 1.55 bits per heavy atom. The topological polar surface area (TPSA) is 47.6 Å². The lowest BCUT2D eigenvalue weighted by atomic mass is 10.7. The van der Waals surface area contributed by atoms with Crippen LogP contribution in [0.5, 0.6) is 0 Å². The van der Waals surface area contributed by atoms with Gasteiger partial charge in [0.15, 0.2) is 0 Å². The number of amides is 1. The predicted octanol–water partition coefficient (Wildman–Crippen LogP) is 1.11. The molecule has 0 aromatic heterocycles. The molecule has 0 heterocycles. The van der Waals surface area contributed by atoms with Gasteiger partial charge in [0.25, 0.3) is 0 Å². The van der Waals surface area contributed by atoms with Crippen molar-refractivity contribution in [2.75, 3.05) is 13.2 Å². The minimum Gasteiger partial charge on any atom is -0.420 e. The molecule has 0 aliphatic heterocycles. The summed E-state index contributed by atoms with van der Waals surface area (Å²) in [6.45, 7) is 6.46. The Balaban J connectivity index is 3.40. The van der Waals surface area contributed by atoms with Gasteiger partial charge in [0, 0.05) is 13.2 Å². The first-order valence-electron chi connectivity index (χ1n) is 3.76. The van der Waals surface area contributed by atoms with E-state index in [1.165, 1.54) is 0 Å². The highest BCUT2D eigenvalue weighted by atomic mass is 16.7. The summed E-state index contributed by atoms with van der Waals surface area (Å²) >= 11 is 0. The molecule has 0 rings (SSSR count). The number of hydrogen-bond acceptors (Lipinski definition) is 3. The molecule has 1 amide bonds. The zero-order valence-corrected chi connectivity index (χ0v) is 7.22. The van der Waals surface area contributed by atoms with Gasteiger partial charge in [-0.1, -0.05) is 0 Å². The maximum absolute atomic E-state index is 10.7. The molecule has 0 saturated carbocycles. The lowest BCUT2D eigenvalue weighted by molar-refractivity contribution is -0.0864. The van der Waals surface area contributed by atoms with E-state index in [1.807, 2.05) is 13.8 Å². The molecule has 1 N–H and O–H groups in total. The predicted molar refractivity (Wildman–Crippen MR) is 41.2 cm³/mol. The van der Waals surface area contributed by atoms with Gasteiger partial charge < -0.3 is 14.8 Å². The van der Waals surface area contributed by atoms with Gasteiger partial charge in [0.05, 0.1) is 0 Å². The summed E-state index contributed by atoms with van der Waals surface area (Å²) in [6, 6.07) is 0. The minimum absolute atomic E-state index is 0.437. The highest BCUT2D eigenvalue weighted by Gasteiger charge is 2.05. The van der Waals surface area contributed by atoms with Gasteiger partial charge in [-0.05, 0) is 20.8 Å². The molecule has 4 heteroatoms. The van der Waals surface area contributed by atoms with Gasteiger partial charge in [0.1, 0.15) is 0 Å². The second-order valence-electron chi connectivity index (χ2n) is 1.96. The third-order valence-corrected chi connectivity index (χ3v) is 0.995. The molecule has 0 fully saturated rings. The van der Waals surface area contributed by atoms with Gasteiger partial charge in [-0.2, -0.15) is 0 Å². The first-order chi connectivity index (χ1) is 5.20. The zero-order chi connectivity index (χ0) is 8.69. The van der Waals surface area contributed by atoms with Gasteiger partial charge >= 0.3 is 6.09 Å². The molecule has 0 spiro atoms. The van der Waals surface area contributed by atoms with Crippen molar-refractivity contribution in [2.45, 2.75) is 27.1 Å². The number of rotatable bonds is 4. The Morgan fingerprint density at radius 3 is 2.64 bits per heavy atom. The quantitative estimate of drug-likeness (QED) is 0.628. The second kappa shape index (κ2) is 5.97. The fraction of sp³-hybridized carbons (Fsp3) is 0.857. The highest BCUT2D eigenvalue weighted by Crippen LogP contribution is 1.92. The molecule has 0 aliphatic carbocycles. The number of alkyl carbamates (subject to hydrolysis) is 1. The molecule has 0 radical (unpaired) electrons. The molecule has 0 saturated heterocycles. The van der Waals surface area contributed by atoms with Crippen LogP contribution in [-0.4, -0.2) is 25.5 Å². The summed E-state index contributed by atoms with van der Waals surface area (Å²) < 4.78 is 9.73. The third-order valence-electron chi connectivity index (χ3n) is 0.995. The van der Waals surface area contributed by atoms with E-state index in [4.69, 9.17) is 9.47 Å². The molecule has 11 heavy (non-hydrogen) atoms. The molecule has 0 bridgehead atoms. The first kappa shape index (κ1) is 10.2. The van der Waals surface area contributed by atoms with Crippen molar-refractivity contribution in [3.05, 3.63) is 0 Å². The van der Waals surface area contributed by atoms with Crippen LogP contribution in [0.15, 0.2) is 0 Å². The van der Waals surface area contributed by atoms with Crippen LogP contribution in [0.2, 0.25) is 0 Å². The van der Waals surface area contributed by atoms with Crippen LogP contribution < -0.4 is 5.32 Å². The summed E-state index contributed by atoms with van der Waals surface area (Å²) in [4.78, 5) is 10.7. The van der Waals surface area contributed by atoms with E-state index in [0.29, 0.717) is 13.2 Å². The minimum atomic E-state index is -0.466. The molecular formula is C7H15NO3. The van der Waals surface area contributed by atoms with E-state index in [1.54, 1.807) is 6.92 Å². The van der Waals surface area contributed by atoms with Crippen LogP contribution in [0, 0.1) is 0 Å². The average Bonchev–Trinajstić information content (AvgIpc) is 1.87. The standard InChI is InChI=1S/C7H15NO3/c1-4-8-7(9)11-6(3)10-5-2/h6H,4-5H2,1-3H3,(H,8,9). The molecule has 0 aromatic carbocycles. The van der Waals surface area contributed by atoms with Crippen molar-refractivity contribution in [3.63, 3.8) is 0 Å². The summed E-state index contributed by atoms with van der Waals surface area (Å²) in [5.41, 5.74) is 0. The third kappa shape index (κ3) is 5.66. The van der Waals surface area contributed by atoms with Gasteiger partial charge in [-0.3, -0.25) is 0 Å². The fourth-order valence-electron chi connectivity index (χ4n) is 0.605. The maximum atomic E-state index is 10.7. The van der Waals surface area contributed by atoms with Gasteiger partial charge in [-0.15, -0.1) is 0 Å². The molecule has 1 atom stereocenters. The normalized spacial score (nSPS) is 12.3. The summed E-state index contributed by atoms with van der Waals surface area (Å²) in [7, 11) is 0. The van der Waals surface area contributed by atoms with E-state index in [0.717, 1.165) is 0 Å². The van der Waals surface area contributed by atoms with Crippen molar-refractivity contribution < 1.29 is 14.3 Å². The van der Waals surface area contributed by atoms with E-state index < -0.39 is 12.4 Å². The van der Waals surface area contributed by atoms with Crippen molar-refractivity contribution in [2.24, 2.45) is 0 Å². The number of hydrogen-bond donors (Lipinski definition) is 1. The van der Waals surface area contributed by atoms with Gasteiger partial charge in [-0.25, -0.2) is 4.79 Å². The van der Waals surface area contributed by atoms with Crippen LogP contribution in [0.3, 0.4) is 0 Å². The molecule has 0 aromatic rings.